The highest BCUT2D eigenvalue weighted by atomic mass is 19.4. The Morgan fingerprint density at radius 3 is 2.02 bits per heavy atom. The Labute approximate surface area is 235 Å². The summed E-state index contributed by atoms with van der Waals surface area (Å²) in [5.41, 5.74) is 4.62. The molecule has 1 atom stereocenters. The van der Waals surface area contributed by atoms with E-state index in [9.17, 15) is 31.1 Å². The van der Waals surface area contributed by atoms with Crippen molar-refractivity contribution in [1.82, 2.24) is 15.5 Å². The van der Waals surface area contributed by atoms with Gasteiger partial charge in [0, 0.05) is 33.1 Å². The Hall–Kier alpha value is -3.37. The summed E-state index contributed by atoms with van der Waals surface area (Å²) in [5.74, 6) is -0.0627. The van der Waals surface area contributed by atoms with Crippen LogP contribution >= 0.6 is 0 Å². The van der Waals surface area contributed by atoms with Gasteiger partial charge in [-0.2, -0.15) is 26.3 Å². The van der Waals surface area contributed by atoms with Gasteiger partial charge in [0.05, 0.1) is 17.2 Å². The van der Waals surface area contributed by atoms with Crippen molar-refractivity contribution in [3.63, 3.8) is 0 Å². The van der Waals surface area contributed by atoms with Gasteiger partial charge >= 0.3 is 12.4 Å². The second-order valence-corrected chi connectivity index (χ2v) is 10.5. The van der Waals surface area contributed by atoms with Crippen LogP contribution in [-0.2, 0) is 49.6 Å². The highest BCUT2D eigenvalue weighted by Gasteiger charge is 2.32. The van der Waals surface area contributed by atoms with Crippen molar-refractivity contribution >= 4 is 5.91 Å². The first-order valence-electron chi connectivity index (χ1n) is 13.5. The first-order chi connectivity index (χ1) is 19.3. The molecule has 0 saturated carbocycles. The van der Waals surface area contributed by atoms with Gasteiger partial charge in [-0.1, -0.05) is 36.4 Å². The smallest absolute Gasteiger partial charge is 0.350 e. The minimum absolute atomic E-state index is 0.0405. The van der Waals surface area contributed by atoms with Gasteiger partial charge in [0.1, 0.15) is 0 Å². The number of nitrogens with one attached hydrogen (secondary N) is 2. The highest BCUT2D eigenvalue weighted by Crippen LogP contribution is 2.33. The average molecular weight is 578 g/mol. The Morgan fingerprint density at radius 2 is 1.44 bits per heavy atom. The van der Waals surface area contributed by atoms with Gasteiger partial charge in [-0.05, 0) is 84.0 Å². The number of hydrogen-bond donors (Lipinski definition) is 2. The van der Waals surface area contributed by atoms with Crippen LogP contribution < -0.4 is 10.6 Å². The summed E-state index contributed by atoms with van der Waals surface area (Å²) in [4.78, 5) is 13.4. The van der Waals surface area contributed by atoms with Gasteiger partial charge in [0.2, 0.25) is 5.91 Å². The third kappa shape index (κ3) is 8.33. The van der Waals surface area contributed by atoms with Crippen LogP contribution in [-0.4, -0.2) is 23.9 Å². The number of carbonyl (C=O) groups is 1. The minimum Gasteiger partial charge on any atom is -0.350 e. The standard InChI is InChI=1S/C21H23F3N2O.C10H10F3N/c1-14(25-15(2)27)17-5-3-16(4-6-17)12-26-10-9-18-11-20(21(22,23)24)8-7-19(18)13-26;11-10(12,13)9-2-1-8-6-14-4-3-7(8)5-9/h3-8,11,14H,9-10,12-13H2,1-2H3,(H,25,27);1-2,5,14H,3-4,6H2. The zero-order valence-electron chi connectivity index (χ0n) is 22.9. The number of carbonyl (C=O) groups excluding carboxylic acids is 1. The zero-order chi connectivity index (χ0) is 29.8. The first-order valence-corrected chi connectivity index (χ1v) is 13.5. The molecule has 0 aliphatic carbocycles. The SMILES string of the molecule is CC(=O)NC(C)c1ccc(CN2CCc3cc(C(F)(F)F)ccc3C2)cc1.FC(F)(F)c1ccc2c(c1)CCNC2. The summed E-state index contributed by atoms with van der Waals surface area (Å²) in [6, 6.07) is 16.1. The molecule has 0 bridgehead atoms. The summed E-state index contributed by atoms with van der Waals surface area (Å²) >= 11 is 0. The lowest BCUT2D eigenvalue weighted by Gasteiger charge is -2.29. The lowest BCUT2D eigenvalue weighted by atomic mass is 9.96. The molecule has 2 aliphatic heterocycles. The van der Waals surface area contributed by atoms with Crippen LogP contribution in [0.15, 0.2) is 60.7 Å². The van der Waals surface area contributed by atoms with E-state index in [4.69, 9.17) is 0 Å². The van der Waals surface area contributed by atoms with Crippen molar-refractivity contribution in [2.45, 2.75) is 64.7 Å². The number of benzene rings is 3. The molecule has 0 radical (unpaired) electrons. The number of hydrogen-bond acceptors (Lipinski definition) is 3. The third-order valence-corrected chi connectivity index (χ3v) is 7.35. The Balaban J connectivity index is 0.000000231. The van der Waals surface area contributed by atoms with E-state index < -0.39 is 23.5 Å². The number of nitrogens with zero attached hydrogens (tertiary/aromatic N) is 1. The molecule has 4 nitrogen and oxygen atoms in total. The maximum absolute atomic E-state index is 12.8. The monoisotopic (exact) mass is 577 g/mol. The van der Waals surface area contributed by atoms with Crippen molar-refractivity contribution in [1.29, 1.82) is 0 Å². The van der Waals surface area contributed by atoms with Crippen LogP contribution in [0, 0.1) is 0 Å². The van der Waals surface area contributed by atoms with Gasteiger partial charge in [-0.25, -0.2) is 0 Å². The van der Waals surface area contributed by atoms with Crippen molar-refractivity contribution < 1.29 is 31.1 Å². The van der Waals surface area contributed by atoms with Gasteiger partial charge < -0.3 is 10.6 Å². The fourth-order valence-electron chi connectivity index (χ4n) is 5.13. The molecule has 10 heteroatoms. The van der Waals surface area contributed by atoms with Crippen molar-refractivity contribution in [2.75, 3.05) is 13.1 Å². The molecule has 1 amide bonds. The molecule has 0 spiro atoms. The molecule has 2 N–H and O–H groups in total. The van der Waals surface area contributed by atoms with E-state index >= 15 is 0 Å². The summed E-state index contributed by atoms with van der Waals surface area (Å²) in [6.45, 7) is 7.00. The molecule has 2 aliphatic rings. The number of halogens is 6. The van der Waals surface area contributed by atoms with E-state index in [1.807, 2.05) is 31.2 Å². The molecule has 0 aromatic heterocycles. The van der Waals surface area contributed by atoms with Crippen LogP contribution in [0.1, 0.15) is 64.4 Å². The fraction of sp³-hybridized carbons (Fsp3) is 0.387. The maximum atomic E-state index is 12.8. The number of fused-ring (bicyclic) bond motifs is 2. The quantitative estimate of drug-likeness (QED) is 0.335. The average Bonchev–Trinajstić information content (AvgIpc) is 2.92. The summed E-state index contributed by atoms with van der Waals surface area (Å²) in [6.07, 6.45) is -7.21. The summed E-state index contributed by atoms with van der Waals surface area (Å²) < 4.78 is 75.6. The topological polar surface area (TPSA) is 44.4 Å². The molecule has 2 heterocycles. The van der Waals surface area contributed by atoms with Crippen LogP contribution in [0.2, 0.25) is 0 Å². The first kappa shape index (κ1) is 30.6. The largest absolute Gasteiger partial charge is 0.416 e. The lowest BCUT2D eigenvalue weighted by molar-refractivity contribution is -0.138. The van der Waals surface area contributed by atoms with Crippen molar-refractivity contribution in [3.8, 4) is 0 Å². The third-order valence-electron chi connectivity index (χ3n) is 7.35. The molecule has 1 unspecified atom stereocenters. The number of alkyl halides is 6. The molecular formula is C31H33F6N3O. The molecule has 0 saturated heterocycles. The summed E-state index contributed by atoms with van der Waals surface area (Å²) in [7, 11) is 0. The van der Waals surface area contributed by atoms with E-state index in [1.54, 1.807) is 12.1 Å². The van der Waals surface area contributed by atoms with E-state index in [-0.39, 0.29) is 11.9 Å². The highest BCUT2D eigenvalue weighted by molar-refractivity contribution is 5.73. The molecule has 5 rings (SSSR count). The zero-order valence-corrected chi connectivity index (χ0v) is 22.9. The minimum atomic E-state index is -4.29. The number of amides is 1. The van der Waals surface area contributed by atoms with E-state index in [2.05, 4.69) is 15.5 Å². The van der Waals surface area contributed by atoms with Crippen LogP contribution in [0.25, 0.3) is 0 Å². The summed E-state index contributed by atoms with van der Waals surface area (Å²) in [5, 5.41) is 5.97. The maximum Gasteiger partial charge on any atom is 0.416 e. The van der Waals surface area contributed by atoms with Crippen molar-refractivity contribution in [2.24, 2.45) is 0 Å². The molecule has 3 aromatic carbocycles. The van der Waals surface area contributed by atoms with Crippen LogP contribution in [0.5, 0.6) is 0 Å². The lowest BCUT2D eigenvalue weighted by Crippen LogP contribution is -2.30. The molecule has 3 aromatic rings. The van der Waals surface area contributed by atoms with E-state index in [1.165, 1.54) is 25.1 Å². The van der Waals surface area contributed by atoms with Gasteiger partial charge in [0.25, 0.3) is 0 Å². The predicted octanol–water partition coefficient (Wildman–Crippen LogP) is 6.81. The van der Waals surface area contributed by atoms with Gasteiger partial charge in [-0.15, -0.1) is 0 Å². The second-order valence-electron chi connectivity index (χ2n) is 10.5. The van der Waals surface area contributed by atoms with Crippen molar-refractivity contribution in [3.05, 3.63) is 105 Å². The normalized spacial score (nSPS) is 16.1. The van der Waals surface area contributed by atoms with E-state index in [0.717, 1.165) is 59.1 Å². The Bertz CT molecular complexity index is 1350. The number of rotatable bonds is 4. The Kier molecular flexibility index (Phi) is 9.44. The molecule has 41 heavy (non-hydrogen) atoms. The predicted molar refractivity (Wildman–Crippen MR) is 145 cm³/mol. The van der Waals surface area contributed by atoms with Gasteiger partial charge in [0.15, 0.2) is 0 Å². The second kappa shape index (κ2) is 12.7. The molecular weight excluding hydrogens is 544 g/mol. The molecule has 220 valence electrons. The van der Waals surface area contributed by atoms with Crippen LogP contribution in [0.3, 0.4) is 0 Å². The van der Waals surface area contributed by atoms with Gasteiger partial charge in [-0.3, -0.25) is 9.69 Å². The fourth-order valence-corrected chi connectivity index (χ4v) is 5.13. The molecule has 0 fully saturated rings. The van der Waals surface area contributed by atoms with E-state index in [0.29, 0.717) is 25.9 Å². The Morgan fingerprint density at radius 1 is 0.854 bits per heavy atom. The van der Waals surface area contributed by atoms with Crippen LogP contribution in [0.4, 0.5) is 26.3 Å².